The average Bonchev–Trinajstić information content (AvgIpc) is 3.10. The van der Waals surface area contributed by atoms with Crippen molar-refractivity contribution in [2.24, 2.45) is 5.92 Å². The van der Waals surface area contributed by atoms with Gasteiger partial charge in [0.15, 0.2) is 18.2 Å². The second kappa shape index (κ2) is 9.61. The van der Waals surface area contributed by atoms with Crippen molar-refractivity contribution in [3.63, 3.8) is 0 Å². The van der Waals surface area contributed by atoms with Gasteiger partial charge >= 0.3 is 5.97 Å². The van der Waals surface area contributed by atoms with Crippen molar-refractivity contribution in [3.05, 3.63) is 41.3 Å². The minimum atomic E-state index is -3.86. The predicted octanol–water partition coefficient (Wildman–Crippen LogP) is 2.08. The third kappa shape index (κ3) is 5.22. The zero-order valence-corrected chi connectivity index (χ0v) is 18.9. The smallest absolute Gasteiger partial charge is 0.310 e. The minimum absolute atomic E-state index is 0.0180. The Kier molecular flexibility index (Phi) is 7.09. The van der Waals surface area contributed by atoms with E-state index in [4.69, 9.17) is 9.26 Å². The van der Waals surface area contributed by atoms with Crippen molar-refractivity contribution >= 4 is 33.4 Å². The zero-order chi connectivity index (χ0) is 23.5. The lowest BCUT2D eigenvalue weighted by Gasteiger charge is -2.30. The summed E-state index contributed by atoms with van der Waals surface area (Å²) in [6.45, 7) is 4.24. The number of esters is 1. The number of sulfonamides is 1. The molecule has 3 rings (SSSR count). The summed E-state index contributed by atoms with van der Waals surface area (Å²) in [4.78, 5) is 35.9. The molecule has 1 aromatic carbocycles. The first-order chi connectivity index (χ1) is 15.1. The van der Waals surface area contributed by atoms with Crippen molar-refractivity contribution in [1.82, 2.24) is 9.46 Å². The van der Waals surface area contributed by atoms with Gasteiger partial charge in [0.1, 0.15) is 10.6 Å². The van der Waals surface area contributed by atoms with E-state index in [0.717, 1.165) is 0 Å². The monoisotopic (exact) mass is 463 g/mol. The molecule has 0 saturated carbocycles. The molecule has 1 N–H and O–H groups in total. The Bertz CT molecular complexity index is 1100. The highest BCUT2D eigenvalue weighted by Crippen LogP contribution is 2.28. The predicted molar refractivity (Wildman–Crippen MR) is 113 cm³/mol. The number of aromatic nitrogens is 1. The van der Waals surface area contributed by atoms with Gasteiger partial charge in [-0.15, -0.1) is 0 Å². The largest absolute Gasteiger partial charge is 0.457 e. The normalized spacial score (nSPS) is 17.0. The van der Waals surface area contributed by atoms with E-state index in [1.54, 1.807) is 19.1 Å². The van der Waals surface area contributed by atoms with Crippen LogP contribution in [0.3, 0.4) is 0 Å². The molecule has 1 aliphatic heterocycles. The molecule has 1 amide bonds. The molecular weight excluding hydrogens is 438 g/mol. The van der Waals surface area contributed by atoms with Crippen molar-refractivity contribution in [1.29, 1.82) is 0 Å². The number of nitrogens with one attached hydrogen (secondary N) is 1. The van der Waals surface area contributed by atoms with Crippen LogP contribution in [-0.2, 0) is 24.3 Å². The minimum Gasteiger partial charge on any atom is -0.457 e. The summed E-state index contributed by atoms with van der Waals surface area (Å²) < 4.78 is 37.4. The number of rotatable bonds is 7. The Morgan fingerprint density at radius 2 is 1.91 bits per heavy atom. The highest BCUT2D eigenvalue weighted by atomic mass is 32.2. The molecule has 1 unspecified atom stereocenters. The van der Waals surface area contributed by atoms with Gasteiger partial charge in [-0.1, -0.05) is 5.16 Å². The van der Waals surface area contributed by atoms with Gasteiger partial charge < -0.3 is 14.6 Å². The molecule has 1 saturated heterocycles. The fraction of sp³-hybridized carbons (Fsp3) is 0.429. The highest BCUT2D eigenvalue weighted by Gasteiger charge is 2.37. The summed E-state index contributed by atoms with van der Waals surface area (Å²) in [5, 5.41) is 6.30. The summed E-state index contributed by atoms with van der Waals surface area (Å²) in [7, 11) is -3.86. The molecule has 1 aromatic heterocycles. The fourth-order valence-electron chi connectivity index (χ4n) is 3.61. The van der Waals surface area contributed by atoms with E-state index < -0.39 is 34.3 Å². The van der Waals surface area contributed by atoms with E-state index in [9.17, 15) is 22.8 Å². The van der Waals surface area contributed by atoms with Gasteiger partial charge in [0, 0.05) is 31.3 Å². The molecular formula is C21H25N3O7S. The quantitative estimate of drug-likeness (QED) is 0.487. The molecule has 2 heterocycles. The molecule has 1 fully saturated rings. The Morgan fingerprint density at radius 1 is 1.22 bits per heavy atom. The number of amides is 1. The lowest BCUT2D eigenvalue weighted by atomic mass is 10.00. The third-order valence-electron chi connectivity index (χ3n) is 5.16. The summed E-state index contributed by atoms with van der Waals surface area (Å²) in [5.74, 6) is -1.72. The van der Waals surface area contributed by atoms with Crippen molar-refractivity contribution < 1.29 is 32.1 Å². The number of anilines is 1. The van der Waals surface area contributed by atoms with E-state index in [0.29, 0.717) is 24.1 Å². The number of carbonyl (C=O) groups excluding carboxylic acids is 3. The SMILES string of the molecule is CC(=O)Nc1ccc(C(=O)COC(=O)C2CCCN(S(=O)(=O)c3c(C)noc3C)C2)cc1. The van der Waals surface area contributed by atoms with E-state index in [1.165, 1.54) is 30.3 Å². The molecule has 0 bridgehead atoms. The van der Waals surface area contributed by atoms with E-state index in [1.807, 2.05) is 0 Å². The molecule has 32 heavy (non-hydrogen) atoms. The van der Waals surface area contributed by atoms with Crippen molar-refractivity contribution in [2.45, 2.75) is 38.5 Å². The van der Waals surface area contributed by atoms with Gasteiger partial charge in [0.05, 0.1) is 5.92 Å². The van der Waals surface area contributed by atoms with Crippen LogP contribution >= 0.6 is 0 Å². The molecule has 1 aliphatic rings. The summed E-state index contributed by atoms with van der Waals surface area (Å²) >= 11 is 0. The van der Waals surface area contributed by atoms with Crippen LogP contribution < -0.4 is 5.32 Å². The van der Waals surface area contributed by atoms with Crippen LogP contribution in [0.2, 0.25) is 0 Å². The molecule has 172 valence electrons. The second-order valence-corrected chi connectivity index (χ2v) is 9.52. The topological polar surface area (TPSA) is 136 Å². The number of carbonyl (C=O) groups is 3. The second-order valence-electron chi connectivity index (χ2n) is 7.64. The number of benzene rings is 1. The molecule has 10 nitrogen and oxygen atoms in total. The van der Waals surface area contributed by atoms with Crippen LogP contribution in [0, 0.1) is 19.8 Å². The number of aryl methyl sites for hydroxylation is 2. The first-order valence-corrected chi connectivity index (χ1v) is 11.5. The number of nitrogens with zero attached hydrogens (tertiary/aromatic N) is 2. The number of ether oxygens (including phenoxy) is 1. The Labute approximate surface area is 185 Å². The van der Waals surface area contributed by atoms with Crippen molar-refractivity contribution in [3.8, 4) is 0 Å². The lowest BCUT2D eigenvalue weighted by molar-refractivity contribution is -0.148. The maximum Gasteiger partial charge on any atom is 0.310 e. The number of hydrogen-bond donors (Lipinski definition) is 1. The van der Waals surface area contributed by atoms with Gasteiger partial charge in [-0.2, -0.15) is 4.31 Å². The molecule has 2 aromatic rings. The number of Topliss-reactive ketones (excluding diaryl/α,β-unsaturated/α-hetero) is 1. The van der Waals surface area contributed by atoms with Crippen LogP contribution in [0.4, 0.5) is 5.69 Å². The van der Waals surface area contributed by atoms with Crippen LogP contribution in [0.15, 0.2) is 33.7 Å². The van der Waals surface area contributed by atoms with Gasteiger partial charge in [-0.3, -0.25) is 14.4 Å². The van der Waals surface area contributed by atoms with Crippen LogP contribution in [0.25, 0.3) is 0 Å². The van der Waals surface area contributed by atoms with Crippen LogP contribution in [0.1, 0.15) is 41.6 Å². The standard InChI is InChI=1S/C21H25N3O7S/c1-13-20(14(2)31-23-13)32(28,29)24-10-4-5-17(11-24)21(27)30-12-19(26)16-6-8-18(9-7-16)22-15(3)25/h6-9,17H,4-5,10-12H2,1-3H3,(H,22,25). The lowest BCUT2D eigenvalue weighted by Crippen LogP contribution is -2.43. The van der Waals surface area contributed by atoms with Crippen LogP contribution in [-0.4, -0.2) is 55.2 Å². The summed E-state index contributed by atoms with van der Waals surface area (Å²) in [6, 6.07) is 6.21. The number of piperidine rings is 1. The molecule has 0 spiro atoms. The van der Waals surface area contributed by atoms with E-state index >= 15 is 0 Å². The maximum atomic E-state index is 13.0. The molecule has 0 radical (unpaired) electrons. The van der Waals surface area contributed by atoms with Gasteiger partial charge in [0.25, 0.3) is 0 Å². The number of hydrogen-bond acceptors (Lipinski definition) is 8. The Morgan fingerprint density at radius 3 is 2.50 bits per heavy atom. The van der Waals surface area contributed by atoms with Gasteiger partial charge in [-0.25, -0.2) is 8.42 Å². The molecule has 0 aliphatic carbocycles. The molecule has 11 heteroatoms. The highest BCUT2D eigenvalue weighted by molar-refractivity contribution is 7.89. The van der Waals surface area contributed by atoms with E-state index in [-0.39, 0.29) is 35.3 Å². The van der Waals surface area contributed by atoms with Gasteiger partial charge in [-0.05, 0) is 51.0 Å². The maximum absolute atomic E-state index is 13.0. The Hall–Kier alpha value is -3.05. The zero-order valence-electron chi connectivity index (χ0n) is 18.1. The average molecular weight is 464 g/mol. The fourth-order valence-corrected chi connectivity index (χ4v) is 5.42. The van der Waals surface area contributed by atoms with Crippen molar-refractivity contribution in [2.75, 3.05) is 25.0 Å². The first-order valence-electron chi connectivity index (χ1n) is 10.1. The third-order valence-corrected chi connectivity index (χ3v) is 7.27. The van der Waals surface area contributed by atoms with Gasteiger partial charge in [0.2, 0.25) is 15.9 Å². The number of ketones is 1. The first kappa shape index (κ1) is 23.6. The summed E-state index contributed by atoms with van der Waals surface area (Å²) in [5.41, 5.74) is 1.15. The Balaban J connectivity index is 1.59. The van der Waals surface area contributed by atoms with Crippen LogP contribution in [0.5, 0.6) is 0 Å². The van der Waals surface area contributed by atoms with E-state index in [2.05, 4.69) is 10.5 Å². The summed E-state index contributed by atoms with van der Waals surface area (Å²) in [6.07, 6.45) is 0.951. The molecule has 1 atom stereocenters.